The number of hydrogen-bond acceptors (Lipinski definition) is 5. The largest absolute Gasteiger partial charge is 0.454 e. The average molecular weight is 300 g/mol. The molecule has 3 rings (SSSR count). The predicted molar refractivity (Wildman–Crippen MR) is 81.2 cm³/mol. The standard InChI is InChI=1S/C16H16N2O4/c1-9-5-12(6-13(10(9)2)18(19)20)16(17)11-3-4-14-15(7-11)22-8-21-14/h3-7,16H,8,17H2,1-2H3. The number of nitro benzene ring substituents is 1. The SMILES string of the molecule is Cc1cc(C(N)c2ccc3c(c2)OCO3)cc([N+](=O)[O-])c1C. The first kappa shape index (κ1) is 14.3. The Morgan fingerprint density at radius 3 is 2.59 bits per heavy atom. The lowest BCUT2D eigenvalue weighted by atomic mass is 9.95. The number of rotatable bonds is 3. The van der Waals surface area contributed by atoms with Gasteiger partial charge in [-0.25, -0.2) is 0 Å². The van der Waals surface area contributed by atoms with Gasteiger partial charge < -0.3 is 15.2 Å². The Kier molecular flexibility index (Phi) is 3.46. The normalized spacial score (nSPS) is 14.0. The van der Waals surface area contributed by atoms with Crippen molar-refractivity contribution in [2.45, 2.75) is 19.9 Å². The van der Waals surface area contributed by atoms with E-state index in [4.69, 9.17) is 15.2 Å². The van der Waals surface area contributed by atoms with Gasteiger partial charge in [0, 0.05) is 11.6 Å². The molecule has 6 nitrogen and oxygen atoms in total. The van der Waals surface area contributed by atoms with Gasteiger partial charge in [-0.05, 0) is 42.7 Å². The molecule has 0 bridgehead atoms. The van der Waals surface area contributed by atoms with E-state index in [2.05, 4.69) is 0 Å². The van der Waals surface area contributed by atoms with Crippen LogP contribution in [0.15, 0.2) is 30.3 Å². The van der Waals surface area contributed by atoms with Gasteiger partial charge in [0.05, 0.1) is 11.0 Å². The maximum atomic E-state index is 11.2. The molecule has 0 radical (unpaired) electrons. The van der Waals surface area contributed by atoms with Crippen molar-refractivity contribution in [1.82, 2.24) is 0 Å². The molecule has 2 aromatic carbocycles. The maximum absolute atomic E-state index is 11.2. The molecule has 1 unspecified atom stereocenters. The molecule has 6 heteroatoms. The average Bonchev–Trinajstić information content (AvgIpc) is 2.96. The van der Waals surface area contributed by atoms with Crippen molar-refractivity contribution in [1.29, 1.82) is 0 Å². The van der Waals surface area contributed by atoms with Crippen LogP contribution in [0.4, 0.5) is 5.69 Å². The fourth-order valence-corrected chi connectivity index (χ4v) is 2.54. The molecule has 22 heavy (non-hydrogen) atoms. The van der Waals surface area contributed by atoms with Gasteiger partial charge in [0.1, 0.15) is 0 Å². The molecule has 114 valence electrons. The van der Waals surface area contributed by atoms with Crippen molar-refractivity contribution >= 4 is 5.69 Å². The van der Waals surface area contributed by atoms with Crippen molar-refractivity contribution < 1.29 is 14.4 Å². The van der Waals surface area contributed by atoms with E-state index >= 15 is 0 Å². The predicted octanol–water partition coefficient (Wildman–Crippen LogP) is 2.99. The molecule has 0 amide bonds. The summed E-state index contributed by atoms with van der Waals surface area (Å²) in [6.07, 6.45) is 0. The fraction of sp³-hybridized carbons (Fsp3) is 0.250. The van der Waals surface area contributed by atoms with Crippen molar-refractivity contribution in [2.24, 2.45) is 5.73 Å². The smallest absolute Gasteiger partial charge is 0.272 e. The molecule has 2 N–H and O–H groups in total. The lowest BCUT2D eigenvalue weighted by molar-refractivity contribution is -0.385. The molecular formula is C16H16N2O4. The second-order valence-corrected chi connectivity index (χ2v) is 5.33. The number of hydrogen-bond donors (Lipinski definition) is 1. The van der Waals surface area contributed by atoms with E-state index in [9.17, 15) is 10.1 Å². The van der Waals surface area contributed by atoms with Crippen molar-refractivity contribution in [3.63, 3.8) is 0 Å². The molecule has 0 fully saturated rings. The number of nitrogens with zero attached hydrogens (tertiary/aromatic N) is 1. The van der Waals surface area contributed by atoms with E-state index in [0.29, 0.717) is 22.6 Å². The highest BCUT2D eigenvalue weighted by atomic mass is 16.7. The minimum absolute atomic E-state index is 0.0891. The summed E-state index contributed by atoms with van der Waals surface area (Å²) in [5.74, 6) is 1.33. The summed E-state index contributed by atoms with van der Waals surface area (Å²) < 4.78 is 10.6. The van der Waals surface area contributed by atoms with E-state index in [1.54, 1.807) is 13.0 Å². The second-order valence-electron chi connectivity index (χ2n) is 5.33. The Morgan fingerprint density at radius 2 is 1.86 bits per heavy atom. The van der Waals surface area contributed by atoms with Gasteiger partial charge in [0.15, 0.2) is 11.5 Å². The van der Waals surface area contributed by atoms with E-state index in [1.165, 1.54) is 6.07 Å². The third-order valence-corrected chi connectivity index (χ3v) is 3.97. The van der Waals surface area contributed by atoms with E-state index in [0.717, 1.165) is 11.1 Å². The molecule has 0 saturated carbocycles. The lowest BCUT2D eigenvalue weighted by Gasteiger charge is -2.15. The van der Waals surface area contributed by atoms with Crippen LogP contribution in [0.3, 0.4) is 0 Å². The highest BCUT2D eigenvalue weighted by molar-refractivity contribution is 5.51. The van der Waals surface area contributed by atoms with Crippen molar-refractivity contribution in [3.05, 3.63) is 62.7 Å². The van der Waals surface area contributed by atoms with Crippen molar-refractivity contribution in [3.8, 4) is 11.5 Å². The summed E-state index contributed by atoms with van der Waals surface area (Å²) in [5.41, 5.74) is 9.40. The molecule has 2 aromatic rings. The van der Waals surface area contributed by atoms with Gasteiger partial charge in [-0.2, -0.15) is 0 Å². The van der Waals surface area contributed by atoms with Crippen LogP contribution in [0.1, 0.15) is 28.3 Å². The van der Waals surface area contributed by atoms with Crippen LogP contribution in [-0.4, -0.2) is 11.7 Å². The summed E-state index contributed by atoms with van der Waals surface area (Å²) in [4.78, 5) is 10.8. The first-order valence-corrected chi connectivity index (χ1v) is 6.88. The molecule has 1 aliphatic rings. The van der Waals surface area contributed by atoms with Gasteiger partial charge >= 0.3 is 0 Å². The Balaban J connectivity index is 2.02. The molecule has 1 aliphatic heterocycles. The Bertz CT molecular complexity index is 758. The van der Waals surface area contributed by atoms with Crippen LogP contribution < -0.4 is 15.2 Å². The molecule has 0 aliphatic carbocycles. The van der Waals surface area contributed by atoms with Crippen molar-refractivity contribution in [2.75, 3.05) is 6.79 Å². The number of aryl methyl sites for hydroxylation is 1. The zero-order chi connectivity index (χ0) is 15.9. The second kappa shape index (κ2) is 5.31. The van der Waals surface area contributed by atoms with Gasteiger partial charge in [-0.3, -0.25) is 10.1 Å². The van der Waals surface area contributed by atoms with E-state index < -0.39 is 6.04 Å². The quantitative estimate of drug-likeness (QED) is 0.695. The summed E-state index contributed by atoms with van der Waals surface area (Å²) >= 11 is 0. The van der Waals surface area contributed by atoms with Gasteiger partial charge in [-0.1, -0.05) is 12.1 Å². The van der Waals surface area contributed by atoms with Gasteiger partial charge in [-0.15, -0.1) is 0 Å². The zero-order valence-electron chi connectivity index (χ0n) is 12.3. The summed E-state index contributed by atoms with van der Waals surface area (Å²) in [7, 11) is 0. The molecular weight excluding hydrogens is 284 g/mol. The van der Waals surface area contributed by atoms with Crippen LogP contribution in [0.2, 0.25) is 0 Å². The van der Waals surface area contributed by atoms with Gasteiger partial charge in [0.2, 0.25) is 6.79 Å². The molecule has 0 aromatic heterocycles. The summed E-state index contributed by atoms with van der Waals surface area (Å²) in [6, 6.07) is 8.42. The number of nitro groups is 1. The highest BCUT2D eigenvalue weighted by Crippen LogP contribution is 2.36. The monoisotopic (exact) mass is 300 g/mol. The molecule has 0 spiro atoms. The number of ether oxygens (including phenoxy) is 2. The highest BCUT2D eigenvalue weighted by Gasteiger charge is 2.20. The molecule has 1 atom stereocenters. The Morgan fingerprint density at radius 1 is 1.14 bits per heavy atom. The molecule has 1 heterocycles. The van der Waals surface area contributed by atoms with E-state index in [-0.39, 0.29) is 17.4 Å². The first-order valence-electron chi connectivity index (χ1n) is 6.88. The van der Waals surface area contributed by atoms with Gasteiger partial charge in [0.25, 0.3) is 5.69 Å². The number of benzene rings is 2. The van der Waals surface area contributed by atoms with Crippen LogP contribution in [-0.2, 0) is 0 Å². The van der Waals surface area contributed by atoms with E-state index in [1.807, 2.05) is 25.1 Å². The van der Waals surface area contributed by atoms with Crippen LogP contribution in [0.5, 0.6) is 11.5 Å². The fourth-order valence-electron chi connectivity index (χ4n) is 2.54. The zero-order valence-corrected chi connectivity index (χ0v) is 12.3. The molecule has 0 saturated heterocycles. The van der Waals surface area contributed by atoms with Crippen LogP contribution in [0.25, 0.3) is 0 Å². The maximum Gasteiger partial charge on any atom is 0.272 e. The number of fused-ring (bicyclic) bond motifs is 1. The summed E-state index contributed by atoms with van der Waals surface area (Å²) in [6.45, 7) is 3.78. The topological polar surface area (TPSA) is 87.6 Å². The summed E-state index contributed by atoms with van der Waals surface area (Å²) in [5, 5.41) is 11.2. The minimum atomic E-state index is -0.465. The Hall–Kier alpha value is -2.60. The van der Waals surface area contributed by atoms with Crippen LogP contribution in [0, 0.1) is 24.0 Å². The minimum Gasteiger partial charge on any atom is -0.454 e. The third kappa shape index (κ3) is 2.37. The first-order chi connectivity index (χ1) is 10.5. The Labute approximate surface area is 127 Å². The lowest BCUT2D eigenvalue weighted by Crippen LogP contribution is -2.13. The van der Waals surface area contributed by atoms with Crippen LogP contribution >= 0.6 is 0 Å². The third-order valence-electron chi connectivity index (χ3n) is 3.97. The number of nitrogens with two attached hydrogens (primary N) is 1.